The van der Waals surface area contributed by atoms with Crippen LogP contribution in [0.5, 0.6) is 11.5 Å². The van der Waals surface area contributed by atoms with Crippen LogP contribution in [0.4, 0.5) is 5.69 Å². The van der Waals surface area contributed by atoms with Gasteiger partial charge in [0.2, 0.25) is 0 Å². The summed E-state index contributed by atoms with van der Waals surface area (Å²) in [6.07, 6.45) is 4.11. The van der Waals surface area contributed by atoms with Crippen molar-refractivity contribution in [2.45, 2.75) is 6.42 Å². The smallest absolute Gasteiger partial charge is 0.251 e. The minimum atomic E-state index is -0.0805. The summed E-state index contributed by atoms with van der Waals surface area (Å²) in [5.41, 5.74) is 2.77. The summed E-state index contributed by atoms with van der Waals surface area (Å²) in [6.45, 7) is 5.38. The number of rotatable bonds is 7. The van der Waals surface area contributed by atoms with Crippen LogP contribution in [0.2, 0.25) is 5.02 Å². The van der Waals surface area contributed by atoms with Gasteiger partial charge in [0.15, 0.2) is 11.5 Å². The van der Waals surface area contributed by atoms with E-state index in [1.807, 2.05) is 36.4 Å². The first kappa shape index (κ1) is 21.7. The van der Waals surface area contributed by atoms with Gasteiger partial charge < -0.3 is 19.1 Å². The second kappa shape index (κ2) is 10.2. The molecule has 6 nitrogen and oxygen atoms in total. The maximum atomic E-state index is 12.9. The van der Waals surface area contributed by atoms with Crippen LogP contribution in [0, 0.1) is 0 Å². The van der Waals surface area contributed by atoms with Gasteiger partial charge in [0, 0.05) is 43.3 Å². The quantitative estimate of drug-likeness (QED) is 0.612. The number of morpholine rings is 1. The number of amides is 1. The zero-order valence-corrected chi connectivity index (χ0v) is 18.4. The van der Waals surface area contributed by atoms with E-state index in [1.165, 1.54) is 0 Å². The van der Waals surface area contributed by atoms with Crippen LogP contribution in [-0.4, -0.2) is 63.9 Å². The van der Waals surface area contributed by atoms with Crippen molar-refractivity contribution < 1.29 is 19.0 Å². The Morgan fingerprint density at radius 2 is 1.97 bits per heavy atom. The number of anilines is 1. The molecule has 2 aromatic rings. The van der Waals surface area contributed by atoms with Crippen molar-refractivity contribution in [3.8, 4) is 11.5 Å². The number of carbonyl (C=O) groups is 1. The Morgan fingerprint density at radius 3 is 2.74 bits per heavy atom. The number of fused-ring (bicyclic) bond motifs is 1. The van der Waals surface area contributed by atoms with Gasteiger partial charge in [0.1, 0.15) is 6.61 Å². The zero-order chi connectivity index (χ0) is 21.6. The maximum absolute atomic E-state index is 12.9. The molecule has 2 aromatic carbocycles. The summed E-state index contributed by atoms with van der Waals surface area (Å²) in [5, 5.41) is 0.620. The molecular weight excluding hydrogens is 416 g/mol. The van der Waals surface area contributed by atoms with Crippen LogP contribution >= 0.6 is 11.6 Å². The van der Waals surface area contributed by atoms with E-state index in [2.05, 4.69) is 4.90 Å². The Labute approximate surface area is 187 Å². The molecule has 0 aromatic heterocycles. The first-order valence-corrected chi connectivity index (χ1v) is 10.9. The fourth-order valence-electron chi connectivity index (χ4n) is 3.87. The largest absolute Gasteiger partial charge is 0.493 e. The van der Waals surface area contributed by atoms with Crippen molar-refractivity contribution in [2.24, 2.45) is 0 Å². The molecule has 1 fully saturated rings. The number of nitrogens with zero attached hydrogens (tertiary/aromatic N) is 2. The van der Waals surface area contributed by atoms with Crippen molar-refractivity contribution in [1.29, 1.82) is 0 Å². The lowest BCUT2D eigenvalue weighted by atomic mass is 10.1. The highest BCUT2D eigenvalue weighted by atomic mass is 35.5. The van der Waals surface area contributed by atoms with Crippen LogP contribution in [-0.2, 0) is 16.0 Å². The molecule has 1 amide bonds. The fraction of sp³-hybridized carbons (Fsp3) is 0.375. The van der Waals surface area contributed by atoms with Gasteiger partial charge in [-0.1, -0.05) is 29.8 Å². The summed E-state index contributed by atoms with van der Waals surface area (Å²) in [6, 6.07) is 11.4. The topological polar surface area (TPSA) is 51.2 Å². The second-order valence-corrected chi connectivity index (χ2v) is 7.94. The monoisotopic (exact) mass is 442 g/mol. The lowest BCUT2D eigenvalue weighted by Crippen LogP contribution is -2.38. The second-order valence-electron chi connectivity index (χ2n) is 7.53. The number of hydrogen-bond donors (Lipinski definition) is 0. The molecule has 0 spiro atoms. The highest BCUT2D eigenvalue weighted by molar-refractivity contribution is 6.32. The Hall–Kier alpha value is -2.54. The third-order valence-electron chi connectivity index (χ3n) is 5.61. The summed E-state index contributed by atoms with van der Waals surface area (Å²) < 4.78 is 17.0. The van der Waals surface area contributed by atoms with E-state index < -0.39 is 0 Å². The first-order chi connectivity index (χ1) is 15.2. The van der Waals surface area contributed by atoms with Crippen LogP contribution in [0.3, 0.4) is 0 Å². The van der Waals surface area contributed by atoms with E-state index in [0.29, 0.717) is 29.7 Å². The van der Waals surface area contributed by atoms with E-state index in [9.17, 15) is 4.79 Å². The van der Waals surface area contributed by atoms with Gasteiger partial charge in [-0.05, 0) is 35.8 Å². The van der Waals surface area contributed by atoms with E-state index in [4.69, 9.17) is 25.8 Å². The Bertz CT molecular complexity index is 957. The molecule has 7 heteroatoms. The molecule has 4 rings (SSSR count). The number of hydrogen-bond acceptors (Lipinski definition) is 5. The molecule has 2 heterocycles. The number of benzene rings is 2. The molecule has 0 bridgehead atoms. The molecule has 0 atom stereocenters. The molecule has 164 valence electrons. The van der Waals surface area contributed by atoms with Crippen molar-refractivity contribution >= 4 is 29.3 Å². The first-order valence-electron chi connectivity index (χ1n) is 10.5. The van der Waals surface area contributed by atoms with E-state index in [1.54, 1.807) is 24.2 Å². The number of carbonyl (C=O) groups excluding carboxylic acids is 1. The Morgan fingerprint density at radius 1 is 1.16 bits per heavy atom. The highest BCUT2D eigenvalue weighted by Crippen LogP contribution is 2.39. The molecular formula is C24H27ClN2O4. The molecule has 0 N–H and O–H groups in total. The molecule has 31 heavy (non-hydrogen) atoms. The molecule has 0 saturated carbocycles. The van der Waals surface area contributed by atoms with Gasteiger partial charge in [-0.3, -0.25) is 9.69 Å². The predicted molar refractivity (Wildman–Crippen MR) is 122 cm³/mol. The molecule has 0 radical (unpaired) electrons. The standard InChI is InChI=1S/C24H27ClN2O4/c1-29-22-16-19-8-9-27(24(28)7-6-18-4-2-3-5-20(18)25)21(19)17-23(22)31-15-12-26-10-13-30-14-11-26/h2-7,16-17H,8-15H2,1H3/b7-6+. The minimum Gasteiger partial charge on any atom is -0.493 e. The molecule has 2 aliphatic rings. The number of methoxy groups -OCH3 is 1. The van der Waals surface area contributed by atoms with Gasteiger partial charge in [-0.25, -0.2) is 0 Å². The van der Waals surface area contributed by atoms with E-state index >= 15 is 0 Å². The normalized spacial score (nSPS) is 16.5. The predicted octanol–water partition coefficient (Wildman–Crippen LogP) is 3.66. The van der Waals surface area contributed by atoms with Crippen molar-refractivity contribution in [1.82, 2.24) is 4.90 Å². The van der Waals surface area contributed by atoms with Gasteiger partial charge >= 0.3 is 0 Å². The summed E-state index contributed by atoms with van der Waals surface area (Å²) in [5.74, 6) is 1.27. The van der Waals surface area contributed by atoms with Crippen LogP contribution < -0.4 is 14.4 Å². The van der Waals surface area contributed by atoms with Crippen LogP contribution in [0.25, 0.3) is 6.08 Å². The summed E-state index contributed by atoms with van der Waals surface area (Å²) in [7, 11) is 1.64. The third kappa shape index (κ3) is 5.21. The van der Waals surface area contributed by atoms with Gasteiger partial charge in [-0.2, -0.15) is 0 Å². The molecule has 2 aliphatic heterocycles. The van der Waals surface area contributed by atoms with Crippen molar-refractivity contribution in [3.63, 3.8) is 0 Å². The fourth-order valence-corrected chi connectivity index (χ4v) is 4.07. The van der Waals surface area contributed by atoms with E-state index in [-0.39, 0.29) is 5.91 Å². The Kier molecular flexibility index (Phi) is 7.12. The molecule has 0 unspecified atom stereocenters. The number of ether oxygens (including phenoxy) is 3. The Balaban J connectivity index is 1.46. The van der Waals surface area contributed by atoms with Crippen molar-refractivity contribution in [3.05, 3.63) is 58.6 Å². The van der Waals surface area contributed by atoms with Gasteiger partial charge in [0.25, 0.3) is 5.91 Å². The average Bonchev–Trinajstić information content (AvgIpc) is 3.21. The van der Waals surface area contributed by atoms with Crippen LogP contribution in [0.15, 0.2) is 42.5 Å². The minimum absolute atomic E-state index is 0.0805. The zero-order valence-electron chi connectivity index (χ0n) is 17.7. The summed E-state index contributed by atoms with van der Waals surface area (Å²) >= 11 is 6.19. The summed E-state index contributed by atoms with van der Waals surface area (Å²) in [4.78, 5) is 17.0. The highest BCUT2D eigenvalue weighted by Gasteiger charge is 2.26. The number of halogens is 1. The van der Waals surface area contributed by atoms with E-state index in [0.717, 1.165) is 56.1 Å². The average molecular weight is 443 g/mol. The lowest BCUT2D eigenvalue weighted by Gasteiger charge is -2.26. The molecule has 1 saturated heterocycles. The molecule has 0 aliphatic carbocycles. The van der Waals surface area contributed by atoms with Crippen molar-refractivity contribution in [2.75, 3.05) is 58.0 Å². The lowest BCUT2D eigenvalue weighted by molar-refractivity contribution is -0.114. The van der Waals surface area contributed by atoms with Crippen LogP contribution in [0.1, 0.15) is 11.1 Å². The van der Waals surface area contributed by atoms with Gasteiger partial charge in [0.05, 0.1) is 26.0 Å². The maximum Gasteiger partial charge on any atom is 0.251 e. The third-order valence-corrected chi connectivity index (χ3v) is 5.95. The van der Waals surface area contributed by atoms with Gasteiger partial charge in [-0.15, -0.1) is 0 Å². The SMILES string of the molecule is COc1cc2c(cc1OCCN1CCOCC1)N(C(=O)/C=C/c1ccccc1Cl)CC2.